The Hall–Kier alpha value is -2.76. The number of pyridine rings is 1. The lowest BCUT2D eigenvalue weighted by molar-refractivity contribution is 0.102. The van der Waals surface area contributed by atoms with Gasteiger partial charge in [-0.1, -0.05) is 0 Å². The van der Waals surface area contributed by atoms with E-state index in [2.05, 4.69) is 10.3 Å². The molecule has 0 aliphatic carbocycles. The Morgan fingerprint density at radius 2 is 2.00 bits per heavy atom. The number of carbonyl (C=O) groups is 1. The van der Waals surface area contributed by atoms with Gasteiger partial charge in [0.1, 0.15) is 17.3 Å². The van der Waals surface area contributed by atoms with Gasteiger partial charge in [0.2, 0.25) is 0 Å². The number of anilines is 2. The third-order valence-corrected chi connectivity index (χ3v) is 2.70. The maximum absolute atomic E-state index is 12.2. The number of nitrogens with two attached hydrogens (primary N) is 1. The summed E-state index contributed by atoms with van der Waals surface area (Å²) in [4.78, 5) is 16.2. The summed E-state index contributed by atoms with van der Waals surface area (Å²) in [5.74, 6) is 1.12. The molecule has 0 radical (unpaired) electrons. The first-order chi connectivity index (χ1) is 9.63. The standard InChI is InChI=1S/C14H15N3O3/c1-19-10-4-5-12(20-2)11(7-10)14(18)17-9-3-6-13(15)16-8-9/h3-8H,1-2H3,(H2,15,16)(H,17,18). The van der Waals surface area contributed by atoms with Crippen LogP contribution in [0.4, 0.5) is 11.5 Å². The highest BCUT2D eigenvalue weighted by atomic mass is 16.5. The Bertz CT molecular complexity index is 612. The fourth-order valence-electron chi connectivity index (χ4n) is 1.67. The maximum Gasteiger partial charge on any atom is 0.259 e. The van der Waals surface area contributed by atoms with Crippen molar-refractivity contribution in [1.82, 2.24) is 4.98 Å². The zero-order chi connectivity index (χ0) is 14.5. The monoisotopic (exact) mass is 273 g/mol. The number of hydrogen-bond donors (Lipinski definition) is 2. The number of rotatable bonds is 4. The predicted octanol–water partition coefficient (Wildman–Crippen LogP) is 1.93. The van der Waals surface area contributed by atoms with Gasteiger partial charge < -0.3 is 20.5 Å². The molecule has 2 rings (SSSR count). The maximum atomic E-state index is 12.2. The van der Waals surface area contributed by atoms with Crippen molar-refractivity contribution in [2.45, 2.75) is 0 Å². The Balaban J connectivity index is 2.25. The van der Waals surface area contributed by atoms with E-state index in [1.165, 1.54) is 20.4 Å². The van der Waals surface area contributed by atoms with Crippen LogP contribution in [0.1, 0.15) is 10.4 Å². The molecule has 6 heteroatoms. The average Bonchev–Trinajstić information content (AvgIpc) is 2.48. The van der Waals surface area contributed by atoms with Crippen LogP contribution in [0.25, 0.3) is 0 Å². The number of ether oxygens (including phenoxy) is 2. The van der Waals surface area contributed by atoms with E-state index >= 15 is 0 Å². The third-order valence-electron chi connectivity index (χ3n) is 2.70. The summed E-state index contributed by atoms with van der Waals surface area (Å²) in [7, 11) is 3.04. The molecule has 1 aromatic heterocycles. The van der Waals surface area contributed by atoms with Crippen LogP contribution in [-0.2, 0) is 0 Å². The van der Waals surface area contributed by atoms with Crippen molar-refractivity contribution >= 4 is 17.4 Å². The molecule has 20 heavy (non-hydrogen) atoms. The Kier molecular flexibility index (Phi) is 4.05. The molecule has 0 aliphatic heterocycles. The lowest BCUT2D eigenvalue weighted by Gasteiger charge is -2.10. The number of carbonyl (C=O) groups excluding carboxylic acids is 1. The summed E-state index contributed by atoms with van der Waals surface area (Å²) in [6.07, 6.45) is 1.49. The minimum absolute atomic E-state index is 0.313. The van der Waals surface area contributed by atoms with E-state index in [1.807, 2.05) is 0 Å². The first kappa shape index (κ1) is 13.7. The van der Waals surface area contributed by atoms with Gasteiger partial charge in [0.05, 0.1) is 31.7 Å². The highest BCUT2D eigenvalue weighted by Gasteiger charge is 2.14. The largest absolute Gasteiger partial charge is 0.497 e. The molecule has 0 aliphatic rings. The molecule has 0 saturated carbocycles. The highest BCUT2D eigenvalue weighted by molar-refractivity contribution is 6.06. The number of nitrogen functional groups attached to an aromatic ring is 1. The molecule has 0 atom stereocenters. The topological polar surface area (TPSA) is 86.5 Å². The van der Waals surface area contributed by atoms with Gasteiger partial charge in [0.15, 0.2) is 0 Å². The minimum atomic E-state index is -0.313. The van der Waals surface area contributed by atoms with Crippen molar-refractivity contribution in [1.29, 1.82) is 0 Å². The smallest absolute Gasteiger partial charge is 0.259 e. The number of hydrogen-bond acceptors (Lipinski definition) is 5. The van der Waals surface area contributed by atoms with E-state index in [0.29, 0.717) is 28.6 Å². The summed E-state index contributed by atoms with van der Waals surface area (Å²) in [6.45, 7) is 0. The van der Waals surface area contributed by atoms with Crippen LogP contribution in [0.15, 0.2) is 36.5 Å². The van der Waals surface area contributed by atoms with Gasteiger partial charge >= 0.3 is 0 Å². The zero-order valence-corrected chi connectivity index (χ0v) is 11.2. The van der Waals surface area contributed by atoms with Gasteiger partial charge in [0.25, 0.3) is 5.91 Å². The molecule has 0 saturated heterocycles. The molecule has 0 bridgehead atoms. The molecule has 1 heterocycles. The number of aromatic nitrogens is 1. The van der Waals surface area contributed by atoms with Crippen molar-refractivity contribution in [3.63, 3.8) is 0 Å². The summed E-state index contributed by atoms with van der Waals surface area (Å²) < 4.78 is 10.3. The number of nitrogens with zero attached hydrogens (tertiary/aromatic N) is 1. The van der Waals surface area contributed by atoms with Crippen LogP contribution in [0.3, 0.4) is 0 Å². The zero-order valence-electron chi connectivity index (χ0n) is 11.2. The van der Waals surface area contributed by atoms with Gasteiger partial charge in [0, 0.05) is 0 Å². The molecule has 0 spiro atoms. The van der Waals surface area contributed by atoms with E-state index in [9.17, 15) is 4.79 Å². The normalized spacial score (nSPS) is 9.90. The summed E-state index contributed by atoms with van der Waals surface area (Å²) >= 11 is 0. The SMILES string of the molecule is COc1ccc(OC)c(C(=O)Nc2ccc(N)nc2)c1. The second-order valence-corrected chi connectivity index (χ2v) is 3.99. The van der Waals surface area contributed by atoms with Crippen molar-refractivity contribution < 1.29 is 14.3 Å². The minimum Gasteiger partial charge on any atom is -0.497 e. The Morgan fingerprint density at radius 3 is 2.60 bits per heavy atom. The van der Waals surface area contributed by atoms with Crippen molar-refractivity contribution in [3.05, 3.63) is 42.1 Å². The molecule has 0 fully saturated rings. The van der Waals surface area contributed by atoms with Gasteiger partial charge in [-0.15, -0.1) is 0 Å². The van der Waals surface area contributed by atoms with E-state index in [4.69, 9.17) is 15.2 Å². The molecular formula is C14H15N3O3. The highest BCUT2D eigenvalue weighted by Crippen LogP contribution is 2.24. The second-order valence-electron chi connectivity index (χ2n) is 3.99. The van der Waals surface area contributed by atoms with E-state index < -0.39 is 0 Å². The summed E-state index contributed by atoms with van der Waals surface area (Å²) in [5, 5.41) is 2.72. The lowest BCUT2D eigenvalue weighted by Crippen LogP contribution is -2.13. The first-order valence-electron chi connectivity index (χ1n) is 5.89. The number of methoxy groups -OCH3 is 2. The summed E-state index contributed by atoms with van der Waals surface area (Å²) in [5.41, 5.74) is 6.42. The van der Waals surface area contributed by atoms with Crippen molar-refractivity contribution in [2.24, 2.45) is 0 Å². The van der Waals surface area contributed by atoms with Crippen LogP contribution in [0.5, 0.6) is 11.5 Å². The fourth-order valence-corrected chi connectivity index (χ4v) is 1.67. The number of benzene rings is 1. The summed E-state index contributed by atoms with van der Waals surface area (Å²) in [6, 6.07) is 8.29. The van der Waals surface area contributed by atoms with E-state index in [-0.39, 0.29) is 5.91 Å². The third kappa shape index (κ3) is 2.97. The van der Waals surface area contributed by atoms with Crippen LogP contribution >= 0.6 is 0 Å². The lowest BCUT2D eigenvalue weighted by atomic mass is 10.1. The van der Waals surface area contributed by atoms with Gasteiger partial charge in [-0.3, -0.25) is 4.79 Å². The van der Waals surface area contributed by atoms with E-state index in [0.717, 1.165) is 0 Å². The molecular weight excluding hydrogens is 258 g/mol. The van der Waals surface area contributed by atoms with Crippen molar-refractivity contribution in [3.8, 4) is 11.5 Å². The van der Waals surface area contributed by atoms with Gasteiger partial charge in [-0.05, 0) is 30.3 Å². The number of amides is 1. The average molecular weight is 273 g/mol. The van der Waals surface area contributed by atoms with E-state index in [1.54, 1.807) is 30.3 Å². The Morgan fingerprint density at radius 1 is 1.20 bits per heavy atom. The first-order valence-corrected chi connectivity index (χ1v) is 5.89. The fraction of sp³-hybridized carbons (Fsp3) is 0.143. The van der Waals surface area contributed by atoms with Crippen LogP contribution in [-0.4, -0.2) is 25.1 Å². The van der Waals surface area contributed by atoms with Crippen LogP contribution in [0.2, 0.25) is 0 Å². The van der Waals surface area contributed by atoms with Crippen LogP contribution in [0, 0.1) is 0 Å². The molecule has 104 valence electrons. The van der Waals surface area contributed by atoms with Gasteiger partial charge in [-0.2, -0.15) is 0 Å². The second kappa shape index (κ2) is 5.92. The molecule has 6 nitrogen and oxygen atoms in total. The number of nitrogens with one attached hydrogen (secondary N) is 1. The predicted molar refractivity (Wildman–Crippen MR) is 76.1 cm³/mol. The van der Waals surface area contributed by atoms with Crippen molar-refractivity contribution in [2.75, 3.05) is 25.3 Å². The van der Waals surface area contributed by atoms with Crippen LogP contribution < -0.4 is 20.5 Å². The molecule has 1 amide bonds. The quantitative estimate of drug-likeness (QED) is 0.889. The molecule has 2 aromatic rings. The molecule has 1 aromatic carbocycles. The Labute approximate surface area is 116 Å². The van der Waals surface area contributed by atoms with Gasteiger partial charge in [-0.25, -0.2) is 4.98 Å². The molecule has 0 unspecified atom stereocenters. The molecule has 3 N–H and O–H groups in total.